The summed E-state index contributed by atoms with van der Waals surface area (Å²) in [6, 6.07) is 0. The van der Waals surface area contributed by atoms with Crippen molar-refractivity contribution < 1.29 is 44.2 Å². The average molecular weight is 929 g/mol. The van der Waals surface area contributed by atoms with Crippen molar-refractivity contribution in [1.82, 2.24) is 0 Å². The molecule has 1 aliphatic rings. The Morgan fingerprint density at radius 1 is 0.500 bits per heavy atom. The molecule has 0 bridgehead atoms. The molecule has 66 heavy (non-hydrogen) atoms. The summed E-state index contributed by atoms with van der Waals surface area (Å²) in [6.07, 6.45) is 56.5. The van der Waals surface area contributed by atoms with E-state index in [0.717, 1.165) is 70.6 Å². The van der Waals surface area contributed by atoms with Crippen molar-refractivity contribution in [1.29, 1.82) is 0 Å². The van der Waals surface area contributed by atoms with Crippen LogP contribution in [-0.4, -0.2) is 89.6 Å². The van der Waals surface area contributed by atoms with Gasteiger partial charge in [0, 0.05) is 13.0 Å². The van der Waals surface area contributed by atoms with Gasteiger partial charge in [0.1, 0.15) is 30.5 Å². The molecule has 0 spiro atoms. The summed E-state index contributed by atoms with van der Waals surface area (Å²) in [4.78, 5) is 12.9. The van der Waals surface area contributed by atoms with E-state index < -0.39 is 43.4 Å². The number of ether oxygens (including phenoxy) is 4. The maximum Gasteiger partial charge on any atom is 0.306 e. The standard InChI is InChI=1S/C57H100O9/c1-3-5-7-9-11-13-15-17-19-21-23-25-27-29-31-33-35-37-39-41-43-45-47-63-49-51(50-64-57-56(62)55(61)54(60)52(48-58)66-57)65-53(59)46-44-42-40-38-36-34-32-30-28-26-24-22-20-18-16-14-12-10-8-6-4-2/h5,7,11,13,16-19,22-25,51-52,54-58,60-62H,3-4,6,8-10,12,14-15,20-21,26-50H2,1-2H3/b7-5-,13-11-,18-16-,19-17-,24-22-,25-23-. The monoisotopic (exact) mass is 929 g/mol. The first kappa shape index (κ1) is 61.6. The van der Waals surface area contributed by atoms with E-state index in [1.165, 1.54) is 128 Å². The Kier molecular flexibility index (Phi) is 44.5. The lowest BCUT2D eigenvalue weighted by atomic mass is 9.99. The van der Waals surface area contributed by atoms with Crippen molar-refractivity contribution in [3.05, 3.63) is 72.9 Å². The first-order chi connectivity index (χ1) is 32.4. The third kappa shape index (κ3) is 37.6. The quantitative estimate of drug-likeness (QED) is 0.0267. The van der Waals surface area contributed by atoms with Gasteiger partial charge in [-0.3, -0.25) is 4.79 Å². The van der Waals surface area contributed by atoms with Gasteiger partial charge in [-0.25, -0.2) is 0 Å². The second-order valence-electron chi connectivity index (χ2n) is 18.3. The zero-order valence-electron chi connectivity index (χ0n) is 42.2. The van der Waals surface area contributed by atoms with Crippen molar-refractivity contribution >= 4 is 5.97 Å². The van der Waals surface area contributed by atoms with Crippen molar-refractivity contribution in [2.24, 2.45) is 0 Å². The lowest BCUT2D eigenvalue weighted by molar-refractivity contribution is -0.305. The third-order valence-electron chi connectivity index (χ3n) is 12.1. The van der Waals surface area contributed by atoms with Gasteiger partial charge in [0.15, 0.2) is 6.29 Å². The smallest absolute Gasteiger partial charge is 0.306 e. The molecule has 1 aliphatic heterocycles. The van der Waals surface area contributed by atoms with Gasteiger partial charge in [-0.1, -0.05) is 202 Å². The fourth-order valence-corrected chi connectivity index (χ4v) is 7.93. The highest BCUT2D eigenvalue weighted by molar-refractivity contribution is 5.69. The Balaban J connectivity index is 2.20. The average Bonchev–Trinajstić information content (AvgIpc) is 3.32. The molecule has 4 N–H and O–H groups in total. The van der Waals surface area contributed by atoms with E-state index in [0.29, 0.717) is 13.0 Å². The lowest BCUT2D eigenvalue weighted by Gasteiger charge is -2.39. The zero-order chi connectivity index (χ0) is 47.8. The molecule has 1 saturated heterocycles. The predicted molar refractivity (Wildman–Crippen MR) is 274 cm³/mol. The van der Waals surface area contributed by atoms with Gasteiger partial charge < -0.3 is 39.4 Å². The molecule has 9 heteroatoms. The van der Waals surface area contributed by atoms with Crippen LogP contribution in [0.3, 0.4) is 0 Å². The molecule has 0 aromatic rings. The first-order valence-electron chi connectivity index (χ1n) is 27.0. The molecular weight excluding hydrogens is 829 g/mol. The molecule has 0 saturated carbocycles. The number of aliphatic hydroxyl groups excluding tert-OH is 4. The van der Waals surface area contributed by atoms with E-state index in [1.54, 1.807) is 0 Å². The molecule has 1 fully saturated rings. The van der Waals surface area contributed by atoms with Crippen LogP contribution in [0.25, 0.3) is 0 Å². The summed E-state index contributed by atoms with van der Waals surface area (Å²) in [5.41, 5.74) is 0. The highest BCUT2D eigenvalue weighted by Crippen LogP contribution is 2.23. The minimum atomic E-state index is -1.54. The molecule has 0 amide bonds. The van der Waals surface area contributed by atoms with Crippen LogP contribution in [0.15, 0.2) is 72.9 Å². The maximum absolute atomic E-state index is 12.9. The summed E-state index contributed by atoms with van der Waals surface area (Å²) in [6.45, 7) is 4.43. The van der Waals surface area contributed by atoms with E-state index in [4.69, 9.17) is 18.9 Å². The fourth-order valence-electron chi connectivity index (χ4n) is 7.93. The summed E-state index contributed by atoms with van der Waals surface area (Å²) < 4.78 is 22.9. The summed E-state index contributed by atoms with van der Waals surface area (Å²) in [7, 11) is 0. The molecule has 0 aromatic carbocycles. The van der Waals surface area contributed by atoms with Crippen LogP contribution in [0, 0.1) is 0 Å². The summed E-state index contributed by atoms with van der Waals surface area (Å²) in [5.74, 6) is -0.321. The molecule has 0 aliphatic carbocycles. The zero-order valence-corrected chi connectivity index (χ0v) is 42.2. The number of rotatable bonds is 46. The van der Waals surface area contributed by atoms with Crippen molar-refractivity contribution in [2.75, 3.05) is 26.4 Å². The van der Waals surface area contributed by atoms with E-state index >= 15 is 0 Å². The van der Waals surface area contributed by atoms with Gasteiger partial charge in [-0.15, -0.1) is 0 Å². The molecule has 382 valence electrons. The highest BCUT2D eigenvalue weighted by Gasteiger charge is 2.44. The number of carbonyl (C=O) groups is 1. The predicted octanol–water partition coefficient (Wildman–Crippen LogP) is 13.6. The van der Waals surface area contributed by atoms with Crippen molar-refractivity contribution in [2.45, 2.75) is 256 Å². The van der Waals surface area contributed by atoms with E-state index in [2.05, 4.69) is 86.8 Å². The highest BCUT2D eigenvalue weighted by atomic mass is 16.7. The Labute approximate surface area is 404 Å². The maximum atomic E-state index is 12.9. The fraction of sp³-hybridized carbons (Fsp3) is 0.772. The van der Waals surface area contributed by atoms with Gasteiger partial charge in [-0.2, -0.15) is 0 Å². The Morgan fingerprint density at radius 2 is 0.924 bits per heavy atom. The Morgan fingerprint density at radius 3 is 1.39 bits per heavy atom. The van der Waals surface area contributed by atoms with Crippen LogP contribution in [0.4, 0.5) is 0 Å². The Bertz CT molecular complexity index is 1240. The second-order valence-corrected chi connectivity index (χ2v) is 18.3. The largest absolute Gasteiger partial charge is 0.457 e. The normalized spacial score (nSPS) is 19.9. The van der Waals surface area contributed by atoms with Gasteiger partial charge >= 0.3 is 5.97 Å². The van der Waals surface area contributed by atoms with Crippen molar-refractivity contribution in [3.63, 3.8) is 0 Å². The number of carbonyl (C=O) groups excluding carboxylic acids is 1. The van der Waals surface area contributed by atoms with E-state index in [1.807, 2.05) is 0 Å². The van der Waals surface area contributed by atoms with Crippen LogP contribution < -0.4 is 0 Å². The lowest BCUT2D eigenvalue weighted by Crippen LogP contribution is -2.59. The van der Waals surface area contributed by atoms with Crippen LogP contribution in [0.1, 0.15) is 219 Å². The molecule has 0 radical (unpaired) electrons. The first-order valence-corrected chi connectivity index (χ1v) is 27.0. The SMILES string of the molecule is CC/C=C\C/C=C\C/C=C\C/C=C\CCCCCCCCCCCOCC(COC1OC(CO)C(O)C(O)C1O)OC(=O)CCCCCCCCCCC/C=C\C/C=C\CCCCCCC. The second kappa shape index (κ2) is 47.7. The summed E-state index contributed by atoms with van der Waals surface area (Å²) >= 11 is 0. The van der Waals surface area contributed by atoms with Crippen molar-refractivity contribution in [3.8, 4) is 0 Å². The molecule has 9 nitrogen and oxygen atoms in total. The van der Waals surface area contributed by atoms with Gasteiger partial charge in [-0.05, 0) is 83.5 Å². The minimum absolute atomic E-state index is 0.120. The number of hydrogen-bond donors (Lipinski definition) is 4. The molecular formula is C57H100O9. The number of allylic oxidation sites excluding steroid dienone is 12. The molecule has 1 heterocycles. The van der Waals surface area contributed by atoms with Gasteiger partial charge in [0.05, 0.1) is 19.8 Å². The third-order valence-corrected chi connectivity index (χ3v) is 12.1. The number of unbranched alkanes of at least 4 members (excludes halogenated alkanes) is 23. The van der Waals surface area contributed by atoms with Crippen LogP contribution in [-0.2, 0) is 23.7 Å². The molecule has 6 unspecified atom stereocenters. The summed E-state index contributed by atoms with van der Waals surface area (Å²) in [5, 5.41) is 40.3. The van der Waals surface area contributed by atoms with Gasteiger partial charge in [0.25, 0.3) is 0 Å². The molecule has 0 aromatic heterocycles. The topological polar surface area (TPSA) is 135 Å². The van der Waals surface area contributed by atoms with Crippen LogP contribution in [0.5, 0.6) is 0 Å². The van der Waals surface area contributed by atoms with Gasteiger partial charge in [0.2, 0.25) is 0 Å². The van der Waals surface area contributed by atoms with Crippen LogP contribution >= 0.6 is 0 Å². The number of aliphatic hydroxyl groups is 4. The van der Waals surface area contributed by atoms with Crippen LogP contribution in [0.2, 0.25) is 0 Å². The van der Waals surface area contributed by atoms with E-state index in [9.17, 15) is 25.2 Å². The minimum Gasteiger partial charge on any atom is -0.457 e. The molecule has 6 atom stereocenters. The number of hydrogen-bond acceptors (Lipinski definition) is 9. The number of esters is 1. The van der Waals surface area contributed by atoms with E-state index in [-0.39, 0.29) is 19.2 Å². The molecule has 1 rings (SSSR count). The Hall–Kier alpha value is -2.37.